The molecule has 1 N–H and O–H groups in total. The van der Waals surface area contributed by atoms with Crippen molar-refractivity contribution in [2.75, 3.05) is 0 Å². The van der Waals surface area contributed by atoms with Crippen molar-refractivity contribution in [2.45, 2.75) is 42.9 Å². The molecule has 1 aromatic carbocycles. The Hall–Kier alpha value is -0.920. The highest BCUT2D eigenvalue weighted by Gasteiger charge is 2.13. The Labute approximate surface area is 131 Å². The van der Waals surface area contributed by atoms with Gasteiger partial charge in [-0.1, -0.05) is 22.0 Å². The Bertz CT molecular complexity index is 591. The van der Waals surface area contributed by atoms with E-state index in [1.165, 1.54) is 5.56 Å². The molecule has 2 rings (SSSR count). The fourth-order valence-electron chi connectivity index (χ4n) is 1.54. The van der Waals surface area contributed by atoms with Crippen LogP contribution >= 0.6 is 27.7 Å². The Morgan fingerprint density at radius 2 is 2.10 bits per heavy atom. The monoisotopic (exact) mass is 355 g/mol. The molecule has 0 bridgehead atoms. The Morgan fingerprint density at radius 1 is 1.35 bits per heavy atom. The van der Waals surface area contributed by atoms with Crippen LogP contribution in [0.15, 0.2) is 32.7 Å². The fraction of sp³-hybridized carbons (Fsp3) is 0.462. The third-order valence-corrected chi connectivity index (χ3v) is 4.24. The van der Waals surface area contributed by atoms with Gasteiger partial charge in [0.25, 0.3) is 0 Å². The topological polar surface area (TPSA) is 55.6 Å². The van der Waals surface area contributed by atoms with Gasteiger partial charge in [0.05, 0.1) is 0 Å². The van der Waals surface area contributed by atoms with Crippen molar-refractivity contribution in [3.05, 3.63) is 28.2 Å². The summed E-state index contributed by atoms with van der Waals surface area (Å²) in [6.07, 6.45) is 0. The third kappa shape index (κ3) is 4.29. The van der Waals surface area contributed by atoms with E-state index in [1.807, 2.05) is 7.05 Å². The highest BCUT2D eigenvalue weighted by Crippen LogP contribution is 2.31. The van der Waals surface area contributed by atoms with Crippen molar-refractivity contribution in [1.82, 2.24) is 25.5 Å². The molecule has 5 nitrogen and oxygen atoms in total. The molecular formula is C13H18BrN5S. The lowest BCUT2D eigenvalue weighted by molar-refractivity contribution is 0.422. The van der Waals surface area contributed by atoms with E-state index >= 15 is 0 Å². The summed E-state index contributed by atoms with van der Waals surface area (Å²) in [5.74, 6) is 0. The minimum Gasteiger partial charge on any atom is -0.308 e. The first-order chi connectivity index (χ1) is 9.35. The van der Waals surface area contributed by atoms with Gasteiger partial charge in [-0.2, -0.15) is 0 Å². The summed E-state index contributed by atoms with van der Waals surface area (Å²) in [6, 6.07) is 6.27. The minimum atomic E-state index is 0.0847. The van der Waals surface area contributed by atoms with Crippen molar-refractivity contribution in [3.8, 4) is 0 Å². The smallest absolute Gasteiger partial charge is 0.213 e. The summed E-state index contributed by atoms with van der Waals surface area (Å²) in [6.45, 7) is 7.28. The van der Waals surface area contributed by atoms with Crippen molar-refractivity contribution in [2.24, 2.45) is 7.05 Å². The Morgan fingerprint density at radius 3 is 2.70 bits per heavy atom. The predicted molar refractivity (Wildman–Crippen MR) is 83.7 cm³/mol. The average Bonchev–Trinajstić information content (AvgIpc) is 2.73. The number of hydrogen-bond acceptors (Lipinski definition) is 5. The second-order valence-electron chi connectivity index (χ2n) is 5.54. The van der Waals surface area contributed by atoms with Crippen LogP contribution in [0, 0.1) is 0 Å². The quantitative estimate of drug-likeness (QED) is 0.913. The van der Waals surface area contributed by atoms with E-state index in [-0.39, 0.29) is 5.54 Å². The van der Waals surface area contributed by atoms with Crippen LogP contribution in [0.3, 0.4) is 0 Å². The van der Waals surface area contributed by atoms with Crippen LogP contribution < -0.4 is 5.32 Å². The third-order valence-electron chi connectivity index (χ3n) is 2.62. The average molecular weight is 356 g/mol. The highest BCUT2D eigenvalue weighted by atomic mass is 79.9. The van der Waals surface area contributed by atoms with Gasteiger partial charge < -0.3 is 5.32 Å². The van der Waals surface area contributed by atoms with Gasteiger partial charge in [0, 0.05) is 28.5 Å². The second-order valence-corrected chi connectivity index (χ2v) is 7.47. The van der Waals surface area contributed by atoms with Gasteiger partial charge in [-0.15, -0.1) is 5.10 Å². The number of benzene rings is 1. The molecule has 108 valence electrons. The van der Waals surface area contributed by atoms with Gasteiger partial charge in [-0.05, 0) is 60.7 Å². The first-order valence-corrected chi connectivity index (χ1v) is 7.90. The van der Waals surface area contributed by atoms with Gasteiger partial charge >= 0.3 is 0 Å². The van der Waals surface area contributed by atoms with Crippen molar-refractivity contribution in [1.29, 1.82) is 0 Å². The number of aryl methyl sites for hydroxylation is 1. The van der Waals surface area contributed by atoms with E-state index < -0.39 is 0 Å². The zero-order valence-corrected chi connectivity index (χ0v) is 14.4. The maximum absolute atomic E-state index is 4.02. The number of rotatable bonds is 4. The molecule has 0 amide bonds. The summed E-state index contributed by atoms with van der Waals surface area (Å²) in [5.41, 5.74) is 1.32. The lowest BCUT2D eigenvalue weighted by Gasteiger charge is -2.21. The van der Waals surface area contributed by atoms with Crippen molar-refractivity contribution in [3.63, 3.8) is 0 Å². The molecule has 0 spiro atoms. The summed E-state index contributed by atoms with van der Waals surface area (Å²) in [5, 5.41) is 15.8. The van der Waals surface area contributed by atoms with Crippen LogP contribution in [0.25, 0.3) is 0 Å². The zero-order chi connectivity index (χ0) is 14.8. The lowest BCUT2D eigenvalue weighted by atomic mass is 10.1. The molecule has 7 heteroatoms. The van der Waals surface area contributed by atoms with Crippen molar-refractivity contribution < 1.29 is 0 Å². The minimum absolute atomic E-state index is 0.0847. The number of nitrogens with zero attached hydrogens (tertiary/aromatic N) is 4. The van der Waals surface area contributed by atoms with Crippen LogP contribution in [0.4, 0.5) is 0 Å². The van der Waals surface area contributed by atoms with E-state index in [0.29, 0.717) is 0 Å². The van der Waals surface area contributed by atoms with E-state index in [2.05, 4.69) is 75.7 Å². The van der Waals surface area contributed by atoms with Gasteiger partial charge in [0.15, 0.2) is 0 Å². The Kier molecular flexibility index (Phi) is 4.82. The van der Waals surface area contributed by atoms with Crippen LogP contribution in [-0.2, 0) is 13.6 Å². The van der Waals surface area contributed by atoms with E-state index in [0.717, 1.165) is 21.1 Å². The van der Waals surface area contributed by atoms with Gasteiger partial charge in [-0.3, -0.25) is 0 Å². The highest BCUT2D eigenvalue weighted by molar-refractivity contribution is 9.10. The zero-order valence-electron chi connectivity index (χ0n) is 12.0. The molecule has 0 saturated heterocycles. The number of tetrazole rings is 1. The molecule has 0 unspecified atom stereocenters. The molecule has 1 aromatic heterocycles. The normalized spacial score (nSPS) is 11.8. The number of aromatic nitrogens is 4. The lowest BCUT2D eigenvalue weighted by Crippen LogP contribution is -2.35. The number of halogens is 1. The molecule has 20 heavy (non-hydrogen) atoms. The number of nitrogens with one attached hydrogen (secondary N) is 1. The largest absolute Gasteiger partial charge is 0.308 e. The predicted octanol–water partition coefficient (Wildman–Crippen LogP) is 3.01. The number of hydrogen-bond donors (Lipinski definition) is 1. The molecule has 2 aromatic rings. The maximum Gasteiger partial charge on any atom is 0.213 e. The second kappa shape index (κ2) is 6.24. The van der Waals surface area contributed by atoms with Gasteiger partial charge in [-0.25, -0.2) is 4.68 Å². The molecule has 1 heterocycles. The molecule has 0 aliphatic heterocycles. The molecular weight excluding hydrogens is 338 g/mol. The molecule has 0 fully saturated rings. The first-order valence-electron chi connectivity index (χ1n) is 6.29. The molecule has 0 aliphatic carbocycles. The van der Waals surface area contributed by atoms with Crippen LogP contribution in [0.2, 0.25) is 0 Å². The summed E-state index contributed by atoms with van der Waals surface area (Å²) >= 11 is 5.09. The fourth-order valence-corrected chi connectivity index (χ4v) is 2.95. The maximum atomic E-state index is 4.02. The van der Waals surface area contributed by atoms with E-state index in [9.17, 15) is 0 Å². The molecule has 0 atom stereocenters. The van der Waals surface area contributed by atoms with Crippen molar-refractivity contribution >= 4 is 27.7 Å². The summed E-state index contributed by atoms with van der Waals surface area (Å²) in [4.78, 5) is 1.15. The van der Waals surface area contributed by atoms with E-state index in [1.54, 1.807) is 16.4 Å². The van der Waals surface area contributed by atoms with E-state index in [4.69, 9.17) is 0 Å². The Balaban J connectivity index is 2.22. The first kappa shape index (κ1) is 15.5. The summed E-state index contributed by atoms with van der Waals surface area (Å²) < 4.78 is 2.72. The molecule has 0 saturated carbocycles. The van der Waals surface area contributed by atoms with Gasteiger partial charge in [0.1, 0.15) is 0 Å². The summed E-state index contributed by atoms with van der Waals surface area (Å²) in [7, 11) is 1.84. The van der Waals surface area contributed by atoms with Crippen LogP contribution in [0.1, 0.15) is 26.3 Å². The van der Waals surface area contributed by atoms with Crippen LogP contribution in [-0.4, -0.2) is 25.7 Å². The standard InChI is InChI=1S/C13H18BrN5S/c1-13(2,3)15-8-9-5-6-10(14)7-11(9)20-12-16-17-18-19(12)4/h5-7,15H,8H2,1-4H3. The van der Waals surface area contributed by atoms with Gasteiger partial charge in [0.2, 0.25) is 5.16 Å². The molecule has 0 aliphatic rings. The van der Waals surface area contributed by atoms with Crippen LogP contribution in [0.5, 0.6) is 0 Å². The SMILES string of the molecule is Cn1nnnc1Sc1cc(Br)ccc1CNC(C)(C)C. The molecule has 0 radical (unpaired) electrons.